The van der Waals surface area contributed by atoms with E-state index in [0.29, 0.717) is 0 Å². The van der Waals surface area contributed by atoms with Crippen molar-refractivity contribution in [3.8, 4) is 11.8 Å². The molecule has 14 heavy (non-hydrogen) atoms. The highest BCUT2D eigenvalue weighted by atomic mass is 16.5. The molecular weight excluding hydrogens is 174 g/mol. The minimum atomic E-state index is 0.0152. The number of hydrogen-bond donors (Lipinski definition) is 0. The Morgan fingerprint density at radius 2 is 2.21 bits per heavy atom. The first-order chi connectivity index (χ1) is 6.72. The molecule has 2 rings (SSSR count). The van der Waals surface area contributed by atoms with Gasteiger partial charge in [0.15, 0.2) is 0 Å². The molecule has 1 aliphatic rings. The Labute approximate surface area is 84.1 Å². The van der Waals surface area contributed by atoms with Gasteiger partial charge in [0.2, 0.25) is 0 Å². The number of ether oxygens (including phenoxy) is 1. The van der Waals surface area contributed by atoms with Crippen LogP contribution in [0.3, 0.4) is 0 Å². The maximum atomic E-state index is 8.88. The van der Waals surface area contributed by atoms with Crippen LogP contribution in [0.5, 0.6) is 5.75 Å². The lowest BCUT2D eigenvalue weighted by Crippen LogP contribution is -2.05. The van der Waals surface area contributed by atoms with Crippen molar-refractivity contribution >= 4 is 0 Å². The molecule has 2 unspecified atom stereocenters. The largest absolute Gasteiger partial charge is 0.496 e. The lowest BCUT2D eigenvalue weighted by molar-refractivity contribution is 0.404. The highest BCUT2D eigenvalue weighted by Gasteiger charge is 2.53. The van der Waals surface area contributed by atoms with Crippen LogP contribution in [0.4, 0.5) is 0 Å². The second-order valence-corrected chi connectivity index (χ2v) is 4.00. The van der Waals surface area contributed by atoms with Crippen LogP contribution in [-0.2, 0) is 5.41 Å². The molecule has 1 aliphatic carbocycles. The summed E-state index contributed by atoms with van der Waals surface area (Å²) >= 11 is 0. The number of hydrogen-bond acceptors (Lipinski definition) is 2. The summed E-state index contributed by atoms with van der Waals surface area (Å²) in [4.78, 5) is 0. The van der Waals surface area contributed by atoms with Crippen LogP contribution in [0.1, 0.15) is 18.9 Å². The van der Waals surface area contributed by atoms with Crippen molar-refractivity contribution in [2.75, 3.05) is 7.11 Å². The SMILES string of the molecule is COc1ccccc1C1(C)CC1C#N. The zero-order chi connectivity index (χ0) is 10.2. The van der Waals surface area contributed by atoms with Crippen LogP contribution in [0, 0.1) is 17.2 Å². The van der Waals surface area contributed by atoms with Gasteiger partial charge < -0.3 is 4.74 Å². The number of para-hydroxylation sites is 1. The quantitative estimate of drug-likeness (QED) is 0.712. The Hall–Kier alpha value is -1.49. The van der Waals surface area contributed by atoms with Gasteiger partial charge in [0.25, 0.3) is 0 Å². The average Bonchev–Trinajstić information content (AvgIpc) is 2.91. The summed E-state index contributed by atoms with van der Waals surface area (Å²) in [5, 5.41) is 8.88. The first kappa shape index (κ1) is 9.08. The van der Waals surface area contributed by atoms with Gasteiger partial charge in [-0.3, -0.25) is 0 Å². The third kappa shape index (κ3) is 1.17. The lowest BCUT2D eigenvalue weighted by atomic mass is 9.95. The van der Waals surface area contributed by atoms with Gasteiger partial charge in [-0.05, 0) is 12.5 Å². The van der Waals surface area contributed by atoms with E-state index in [4.69, 9.17) is 10.00 Å². The van der Waals surface area contributed by atoms with Crippen molar-refractivity contribution in [2.24, 2.45) is 5.92 Å². The molecule has 1 aromatic rings. The van der Waals surface area contributed by atoms with Crippen molar-refractivity contribution in [2.45, 2.75) is 18.8 Å². The van der Waals surface area contributed by atoms with Crippen molar-refractivity contribution < 1.29 is 4.74 Å². The fourth-order valence-corrected chi connectivity index (χ4v) is 1.97. The third-order valence-electron chi connectivity index (χ3n) is 3.12. The summed E-state index contributed by atoms with van der Waals surface area (Å²) < 4.78 is 5.30. The second-order valence-electron chi connectivity index (χ2n) is 4.00. The monoisotopic (exact) mass is 187 g/mol. The Morgan fingerprint density at radius 1 is 1.50 bits per heavy atom. The number of nitrogens with zero attached hydrogens (tertiary/aromatic N) is 1. The fraction of sp³-hybridized carbons (Fsp3) is 0.417. The summed E-state index contributed by atoms with van der Waals surface area (Å²) in [6, 6.07) is 10.3. The van der Waals surface area contributed by atoms with Gasteiger partial charge in [0, 0.05) is 11.0 Å². The Balaban J connectivity index is 2.39. The van der Waals surface area contributed by atoms with Gasteiger partial charge in [-0.2, -0.15) is 5.26 Å². The molecule has 2 atom stereocenters. The zero-order valence-electron chi connectivity index (χ0n) is 8.45. The van der Waals surface area contributed by atoms with Crippen molar-refractivity contribution in [1.29, 1.82) is 5.26 Å². The summed E-state index contributed by atoms with van der Waals surface area (Å²) in [6.45, 7) is 2.12. The van der Waals surface area contributed by atoms with E-state index in [0.717, 1.165) is 17.7 Å². The molecule has 0 radical (unpaired) electrons. The van der Waals surface area contributed by atoms with Crippen molar-refractivity contribution in [3.63, 3.8) is 0 Å². The summed E-state index contributed by atoms with van der Waals surface area (Å²) in [7, 11) is 1.67. The van der Waals surface area contributed by atoms with E-state index in [9.17, 15) is 0 Å². The second kappa shape index (κ2) is 3.02. The van der Waals surface area contributed by atoms with E-state index in [1.807, 2.05) is 18.2 Å². The first-order valence-electron chi connectivity index (χ1n) is 4.75. The standard InChI is InChI=1S/C12H13NO/c1-12(7-9(12)8-13)10-5-3-4-6-11(10)14-2/h3-6,9H,7H2,1-2H3. The predicted molar refractivity (Wildman–Crippen MR) is 54.1 cm³/mol. The Bertz CT molecular complexity index is 394. The zero-order valence-corrected chi connectivity index (χ0v) is 8.45. The maximum absolute atomic E-state index is 8.88. The van der Waals surface area contributed by atoms with Crippen LogP contribution in [0.25, 0.3) is 0 Å². The fourth-order valence-electron chi connectivity index (χ4n) is 1.97. The highest BCUT2D eigenvalue weighted by Crippen LogP contribution is 2.55. The Morgan fingerprint density at radius 3 is 2.79 bits per heavy atom. The van der Waals surface area contributed by atoms with E-state index >= 15 is 0 Å². The van der Waals surface area contributed by atoms with Gasteiger partial charge in [-0.25, -0.2) is 0 Å². The van der Waals surface area contributed by atoms with Gasteiger partial charge in [-0.15, -0.1) is 0 Å². The number of methoxy groups -OCH3 is 1. The van der Waals surface area contributed by atoms with Crippen LogP contribution in [0.2, 0.25) is 0 Å². The molecule has 0 spiro atoms. The number of nitriles is 1. The molecule has 1 fully saturated rings. The van der Waals surface area contributed by atoms with E-state index in [-0.39, 0.29) is 11.3 Å². The third-order valence-corrected chi connectivity index (χ3v) is 3.12. The molecule has 72 valence electrons. The topological polar surface area (TPSA) is 33.0 Å². The van der Waals surface area contributed by atoms with Crippen molar-refractivity contribution in [3.05, 3.63) is 29.8 Å². The van der Waals surface area contributed by atoms with Crippen LogP contribution in [-0.4, -0.2) is 7.11 Å². The number of rotatable bonds is 2. The molecule has 2 heteroatoms. The molecule has 0 bridgehead atoms. The maximum Gasteiger partial charge on any atom is 0.122 e. The summed E-state index contributed by atoms with van der Waals surface area (Å²) in [5.41, 5.74) is 1.18. The molecule has 0 aromatic heterocycles. The van der Waals surface area contributed by atoms with E-state index in [1.54, 1.807) is 7.11 Å². The van der Waals surface area contributed by atoms with Gasteiger partial charge >= 0.3 is 0 Å². The Kier molecular flexibility index (Phi) is 1.96. The molecule has 2 nitrogen and oxygen atoms in total. The van der Waals surface area contributed by atoms with Gasteiger partial charge in [-0.1, -0.05) is 25.1 Å². The molecule has 1 saturated carbocycles. The van der Waals surface area contributed by atoms with Crippen LogP contribution < -0.4 is 4.74 Å². The molecule has 0 saturated heterocycles. The van der Waals surface area contributed by atoms with Gasteiger partial charge in [0.1, 0.15) is 5.75 Å². The predicted octanol–water partition coefficient (Wildman–Crippen LogP) is 2.50. The normalized spacial score (nSPS) is 29.4. The highest BCUT2D eigenvalue weighted by molar-refractivity contribution is 5.45. The average molecular weight is 187 g/mol. The number of benzene rings is 1. The molecule has 0 amide bonds. The summed E-state index contributed by atoms with van der Waals surface area (Å²) in [6.07, 6.45) is 0.948. The lowest BCUT2D eigenvalue weighted by Gasteiger charge is -2.13. The van der Waals surface area contributed by atoms with Crippen LogP contribution in [0.15, 0.2) is 24.3 Å². The smallest absolute Gasteiger partial charge is 0.122 e. The molecule has 0 aliphatic heterocycles. The molecule has 1 aromatic carbocycles. The van der Waals surface area contributed by atoms with E-state index < -0.39 is 0 Å². The molecular formula is C12H13NO. The van der Waals surface area contributed by atoms with Crippen molar-refractivity contribution in [1.82, 2.24) is 0 Å². The minimum Gasteiger partial charge on any atom is -0.496 e. The van der Waals surface area contributed by atoms with E-state index in [2.05, 4.69) is 19.1 Å². The summed E-state index contributed by atoms with van der Waals surface area (Å²) in [5.74, 6) is 1.05. The van der Waals surface area contributed by atoms with Crippen LogP contribution >= 0.6 is 0 Å². The first-order valence-corrected chi connectivity index (χ1v) is 4.75. The minimum absolute atomic E-state index is 0.0152. The van der Waals surface area contributed by atoms with E-state index in [1.165, 1.54) is 0 Å². The molecule has 0 N–H and O–H groups in total. The van der Waals surface area contributed by atoms with Gasteiger partial charge in [0.05, 0.1) is 19.1 Å². The molecule has 0 heterocycles.